The Bertz CT molecular complexity index is 156. The van der Waals surface area contributed by atoms with Crippen molar-refractivity contribution in [3.8, 4) is 0 Å². The van der Waals surface area contributed by atoms with E-state index >= 15 is 0 Å². The second kappa shape index (κ2) is 3.11. The molecular formula is C8H16N2O. The summed E-state index contributed by atoms with van der Waals surface area (Å²) in [7, 11) is 0. The molecule has 2 N–H and O–H groups in total. The van der Waals surface area contributed by atoms with Crippen LogP contribution in [0.15, 0.2) is 0 Å². The Morgan fingerprint density at radius 2 is 2.09 bits per heavy atom. The summed E-state index contributed by atoms with van der Waals surface area (Å²) in [5.74, 6) is 0.641. The highest BCUT2D eigenvalue weighted by Gasteiger charge is 2.27. The van der Waals surface area contributed by atoms with Gasteiger partial charge >= 0.3 is 6.03 Å². The lowest BCUT2D eigenvalue weighted by molar-refractivity contribution is 0.246. The molecule has 0 aliphatic carbocycles. The minimum absolute atomic E-state index is 0.0249. The minimum Gasteiger partial charge on any atom is -0.334 e. The summed E-state index contributed by atoms with van der Waals surface area (Å²) in [6.45, 7) is 6.36. The van der Waals surface area contributed by atoms with Gasteiger partial charge in [-0.05, 0) is 19.3 Å². The maximum atomic E-state index is 10.8. The molecular weight excluding hydrogens is 140 g/mol. The number of nitrogens with one attached hydrogen (secondary N) is 2. The lowest BCUT2D eigenvalue weighted by Crippen LogP contribution is -2.32. The van der Waals surface area contributed by atoms with E-state index in [4.69, 9.17) is 0 Å². The fourth-order valence-corrected chi connectivity index (χ4v) is 1.41. The van der Waals surface area contributed by atoms with Crippen molar-refractivity contribution in [1.82, 2.24) is 10.6 Å². The molecule has 0 bridgehead atoms. The van der Waals surface area contributed by atoms with Gasteiger partial charge in [0.05, 0.1) is 6.04 Å². The summed E-state index contributed by atoms with van der Waals surface area (Å²) in [5.41, 5.74) is 0. The van der Waals surface area contributed by atoms with Gasteiger partial charge in [-0.25, -0.2) is 4.79 Å². The summed E-state index contributed by atoms with van der Waals surface area (Å²) in [5, 5.41) is 5.71. The van der Waals surface area contributed by atoms with Gasteiger partial charge in [0.25, 0.3) is 0 Å². The second-order valence-electron chi connectivity index (χ2n) is 3.64. The van der Waals surface area contributed by atoms with Crippen LogP contribution in [-0.2, 0) is 0 Å². The molecule has 1 aliphatic rings. The molecule has 1 saturated heterocycles. The summed E-state index contributed by atoms with van der Waals surface area (Å²) < 4.78 is 0. The van der Waals surface area contributed by atoms with Gasteiger partial charge < -0.3 is 10.6 Å². The average Bonchev–Trinajstić information content (AvgIpc) is 2.09. The van der Waals surface area contributed by atoms with Crippen molar-refractivity contribution >= 4 is 6.03 Å². The van der Waals surface area contributed by atoms with Crippen LogP contribution in [0.2, 0.25) is 0 Å². The molecule has 1 rings (SSSR count). The Balaban J connectivity index is 2.40. The van der Waals surface area contributed by atoms with E-state index in [0.717, 1.165) is 6.42 Å². The van der Waals surface area contributed by atoms with E-state index < -0.39 is 0 Å². The Morgan fingerprint density at radius 3 is 2.45 bits per heavy atom. The molecule has 3 nitrogen and oxygen atoms in total. The SMILES string of the molecule is CC(C)CC1NC(=O)NC1C. The summed E-state index contributed by atoms with van der Waals surface area (Å²) >= 11 is 0. The van der Waals surface area contributed by atoms with E-state index in [1.54, 1.807) is 0 Å². The van der Waals surface area contributed by atoms with Gasteiger partial charge in [0.2, 0.25) is 0 Å². The van der Waals surface area contributed by atoms with Crippen molar-refractivity contribution in [1.29, 1.82) is 0 Å². The van der Waals surface area contributed by atoms with Crippen molar-refractivity contribution in [3.05, 3.63) is 0 Å². The van der Waals surface area contributed by atoms with Gasteiger partial charge in [-0.3, -0.25) is 0 Å². The third-order valence-electron chi connectivity index (χ3n) is 2.00. The van der Waals surface area contributed by atoms with E-state index in [1.165, 1.54) is 0 Å². The molecule has 64 valence electrons. The van der Waals surface area contributed by atoms with Crippen molar-refractivity contribution < 1.29 is 4.79 Å². The molecule has 0 aromatic rings. The van der Waals surface area contributed by atoms with Crippen LogP contribution in [0.4, 0.5) is 4.79 Å². The van der Waals surface area contributed by atoms with Crippen LogP contribution >= 0.6 is 0 Å². The first-order valence-electron chi connectivity index (χ1n) is 4.16. The van der Waals surface area contributed by atoms with Crippen molar-refractivity contribution in [2.45, 2.75) is 39.3 Å². The van der Waals surface area contributed by atoms with Crippen molar-refractivity contribution in [2.75, 3.05) is 0 Å². The predicted octanol–water partition coefficient (Wildman–Crippen LogP) is 1.10. The number of rotatable bonds is 2. The molecule has 0 spiro atoms. The van der Waals surface area contributed by atoms with Crippen LogP contribution in [0.25, 0.3) is 0 Å². The maximum absolute atomic E-state index is 10.8. The van der Waals surface area contributed by atoms with Gasteiger partial charge in [-0.2, -0.15) is 0 Å². The van der Waals surface area contributed by atoms with Crippen LogP contribution in [0.5, 0.6) is 0 Å². The lowest BCUT2D eigenvalue weighted by Gasteiger charge is -2.15. The zero-order valence-corrected chi connectivity index (χ0v) is 7.35. The van der Waals surface area contributed by atoms with Gasteiger partial charge in [0, 0.05) is 6.04 Å². The normalized spacial score (nSPS) is 30.4. The molecule has 1 heterocycles. The van der Waals surface area contributed by atoms with E-state index in [0.29, 0.717) is 12.0 Å². The van der Waals surface area contributed by atoms with E-state index in [-0.39, 0.29) is 12.1 Å². The summed E-state index contributed by atoms with van der Waals surface area (Å²) in [4.78, 5) is 10.8. The van der Waals surface area contributed by atoms with Gasteiger partial charge in [0.1, 0.15) is 0 Å². The van der Waals surface area contributed by atoms with Crippen LogP contribution in [0.1, 0.15) is 27.2 Å². The summed E-state index contributed by atoms with van der Waals surface area (Å²) in [6, 6.07) is 0.579. The van der Waals surface area contributed by atoms with Crippen LogP contribution < -0.4 is 10.6 Å². The highest BCUT2D eigenvalue weighted by molar-refractivity contribution is 5.77. The molecule has 2 unspecified atom stereocenters. The van der Waals surface area contributed by atoms with E-state index in [9.17, 15) is 4.79 Å². The number of amides is 2. The Labute approximate surface area is 67.5 Å². The monoisotopic (exact) mass is 156 g/mol. The first-order valence-corrected chi connectivity index (χ1v) is 4.16. The Kier molecular flexibility index (Phi) is 2.37. The number of carbonyl (C=O) groups excluding carboxylic acids is 1. The summed E-state index contributed by atoms with van der Waals surface area (Å²) in [6.07, 6.45) is 1.06. The van der Waals surface area contributed by atoms with Crippen LogP contribution in [-0.4, -0.2) is 18.1 Å². The fraction of sp³-hybridized carbons (Fsp3) is 0.875. The molecule has 1 aliphatic heterocycles. The largest absolute Gasteiger partial charge is 0.334 e. The number of hydrogen-bond acceptors (Lipinski definition) is 1. The first kappa shape index (κ1) is 8.37. The molecule has 0 radical (unpaired) electrons. The maximum Gasteiger partial charge on any atom is 0.315 e. The quantitative estimate of drug-likeness (QED) is 0.617. The highest BCUT2D eigenvalue weighted by Crippen LogP contribution is 2.11. The van der Waals surface area contributed by atoms with Crippen LogP contribution in [0, 0.1) is 5.92 Å². The van der Waals surface area contributed by atoms with Crippen molar-refractivity contribution in [3.63, 3.8) is 0 Å². The Hall–Kier alpha value is -0.730. The van der Waals surface area contributed by atoms with E-state index in [1.807, 2.05) is 6.92 Å². The van der Waals surface area contributed by atoms with E-state index in [2.05, 4.69) is 24.5 Å². The molecule has 3 heteroatoms. The van der Waals surface area contributed by atoms with Crippen molar-refractivity contribution in [2.24, 2.45) is 5.92 Å². The van der Waals surface area contributed by atoms with Crippen LogP contribution in [0.3, 0.4) is 0 Å². The third kappa shape index (κ3) is 2.10. The molecule has 1 fully saturated rings. The van der Waals surface area contributed by atoms with Gasteiger partial charge in [-0.1, -0.05) is 13.8 Å². The zero-order valence-electron chi connectivity index (χ0n) is 7.35. The third-order valence-corrected chi connectivity index (χ3v) is 2.00. The molecule has 11 heavy (non-hydrogen) atoms. The first-order chi connectivity index (χ1) is 5.09. The van der Waals surface area contributed by atoms with Gasteiger partial charge in [-0.15, -0.1) is 0 Å². The molecule has 2 amide bonds. The van der Waals surface area contributed by atoms with Gasteiger partial charge in [0.15, 0.2) is 0 Å². The average molecular weight is 156 g/mol. The lowest BCUT2D eigenvalue weighted by atomic mass is 10.00. The molecule has 0 aromatic heterocycles. The minimum atomic E-state index is -0.0249. The standard InChI is InChI=1S/C8H16N2O/c1-5(2)4-7-6(3)9-8(11)10-7/h5-7H,4H2,1-3H3,(H2,9,10,11). The topological polar surface area (TPSA) is 41.1 Å². The highest BCUT2D eigenvalue weighted by atomic mass is 16.2. The number of carbonyl (C=O) groups is 1. The second-order valence-corrected chi connectivity index (χ2v) is 3.64. The predicted molar refractivity (Wildman–Crippen MR) is 44.4 cm³/mol. The molecule has 2 atom stereocenters. The zero-order chi connectivity index (χ0) is 8.43. The smallest absolute Gasteiger partial charge is 0.315 e. The number of hydrogen-bond donors (Lipinski definition) is 2. The Morgan fingerprint density at radius 1 is 1.45 bits per heavy atom. The number of urea groups is 1. The molecule has 0 aromatic carbocycles. The fourth-order valence-electron chi connectivity index (χ4n) is 1.41. The molecule has 0 saturated carbocycles.